The van der Waals surface area contributed by atoms with Gasteiger partial charge in [-0.05, 0) is 31.9 Å². The lowest BCUT2D eigenvalue weighted by Crippen LogP contribution is -2.40. The van der Waals surface area contributed by atoms with Gasteiger partial charge in [0.2, 0.25) is 0 Å². The summed E-state index contributed by atoms with van der Waals surface area (Å²) < 4.78 is 17.4. The van der Waals surface area contributed by atoms with Crippen molar-refractivity contribution in [3.05, 3.63) is 83.9 Å². The van der Waals surface area contributed by atoms with Crippen LogP contribution >= 0.6 is 0 Å². The van der Waals surface area contributed by atoms with Gasteiger partial charge in [0, 0.05) is 5.92 Å². The molecule has 31 heavy (non-hydrogen) atoms. The molecule has 2 aromatic rings. The van der Waals surface area contributed by atoms with E-state index in [4.69, 9.17) is 19.0 Å². The van der Waals surface area contributed by atoms with E-state index in [1.807, 2.05) is 72.8 Å². The molecule has 1 amide bonds. The lowest BCUT2D eigenvalue weighted by molar-refractivity contribution is -0.108. The van der Waals surface area contributed by atoms with E-state index in [0.29, 0.717) is 19.8 Å². The highest BCUT2D eigenvalue weighted by molar-refractivity contribution is 5.66. The molecular weight excluding hydrogens is 394 g/mol. The van der Waals surface area contributed by atoms with Crippen LogP contribution in [0.1, 0.15) is 31.9 Å². The predicted molar refractivity (Wildman–Crippen MR) is 118 cm³/mol. The van der Waals surface area contributed by atoms with E-state index >= 15 is 0 Å². The molecule has 1 aliphatic carbocycles. The number of benzene rings is 2. The van der Waals surface area contributed by atoms with Gasteiger partial charge in [-0.2, -0.15) is 5.48 Å². The van der Waals surface area contributed by atoms with Crippen molar-refractivity contribution in [3.63, 3.8) is 0 Å². The van der Waals surface area contributed by atoms with Crippen molar-refractivity contribution in [2.45, 2.75) is 51.8 Å². The zero-order chi connectivity index (χ0) is 22.1. The van der Waals surface area contributed by atoms with Crippen LogP contribution in [0.15, 0.2) is 72.8 Å². The monoisotopic (exact) mass is 425 g/mol. The Morgan fingerprint density at radius 1 is 0.903 bits per heavy atom. The highest BCUT2D eigenvalue weighted by Gasteiger charge is 2.35. The molecule has 2 aromatic carbocycles. The normalized spacial score (nSPS) is 20.5. The number of carbonyl (C=O) groups excluding carboxylic acids is 1. The van der Waals surface area contributed by atoms with Gasteiger partial charge in [0.05, 0.1) is 25.9 Å². The second-order valence-electron chi connectivity index (χ2n) is 8.50. The topological polar surface area (TPSA) is 66.0 Å². The molecule has 0 aliphatic heterocycles. The summed E-state index contributed by atoms with van der Waals surface area (Å²) in [4.78, 5) is 17.6. The van der Waals surface area contributed by atoms with Crippen LogP contribution < -0.4 is 5.48 Å². The van der Waals surface area contributed by atoms with E-state index in [1.165, 1.54) is 0 Å². The summed E-state index contributed by atoms with van der Waals surface area (Å²) in [6.45, 7) is 6.85. The van der Waals surface area contributed by atoms with Gasteiger partial charge >= 0.3 is 6.09 Å². The van der Waals surface area contributed by atoms with Crippen LogP contribution in [-0.4, -0.2) is 30.5 Å². The molecule has 3 rings (SSSR count). The predicted octanol–water partition coefficient (Wildman–Crippen LogP) is 4.80. The number of hydroxylamine groups is 1. The van der Waals surface area contributed by atoms with E-state index in [2.05, 4.69) is 5.48 Å². The number of ether oxygens (including phenoxy) is 3. The largest absolute Gasteiger partial charge is 0.442 e. The molecule has 6 heteroatoms. The first-order valence-corrected chi connectivity index (χ1v) is 10.5. The molecule has 0 bridgehead atoms. The summed E-state index contributed by atoms with van der Waals surface area (Å²) in [6, 6.07) is 20.0. The average molecular weight is 426 g/mol. The van der Waals surface area contributed by atoms with Crippen LogP contribution in [-0.2, 0) is 32.3 Å². The van der Waals surface area contributed by atoms with E-state index < -0.39 is 17.8 Å². The van der Waals surface area contributed by atoms with E-state index in [9.17, 15) is 4.79 Å². The Hall–Kier alpha value is -2.67. The van der Waals surface area contributed by atoms with Crippen LogP contribution in [0.2, 0.25) is 0 Å². The number of hydrogen-bond donors (Lipinski definition) is 1. The van der Waals surface area contributed by atoms with Crippen LogP contribution in [0.5, 0.6) is 0 Å². The molecule has 0 aromatic heterocycles. The maximum absolute atomic E-state index is 12.0. The Labute approximate surface area is 184 Å². The third-order valence-corrected chi connectivity index (χ3v) is 4.68. The summed E-state index contributed by atoms with van der Waals surface area (Å²) in [5, 5.41) is 0. The first-order valence-electron chi connectivity index (χ1n) is 10.5. The molecule has 0 heterocycles. The van der Waals surface area contributed by atoms with Crippen LogP contribution in [0.4, 0.5) is 4.79 Å². The van der Waals surface area contributed by atoms with E-state index in [-0.39, 0.29) is 12.0 Å². The second kappa shape index (κ2) is 11.1. The molecule has 0 radical (unpaired) electrons. The van der Waals surface area contributed by atoms with Gasteiger partial charge in [-0.3, -0.25) is 4.84 Å². The van der Waals surface area contributed by atoms with Gasteiger partial charge in [-0.1, -0.05) is 72.8 Å². The molecule has 0 saturated carbocycles. The summed E-state index contributed by atoms with van der Waals surface area (Å²) in [5.41, 5.74) is 3.96. The molecule has 1 N–H and O–H groups in total. The van der Waals surface area contributed by atoms with Gasteiger partial charge < -0.3 is 14.2 Å². The highest BCUT2D eigenvalue weighted by Crippen LogP contribution is 2.26. The van der Waals surface area contributed by atoms with E-state index in [0.717, 1.165) is 11.1 Å². The van der Waals surface area contributed by atoms with Gasteiger partial charge in [0.1, 0.15) is 11.7 Å². The summed E-state index contributed by atoms with van der Waals surface area (Å²) in [7, 11) is 0. The zero-order valence-corrected chi connectivity index (χ0v) is 18.3. The maximum Gasteiger partial charge on any atom is 0.431 e. The third-order valence-electron chi connectivity index (χ3n) is 4.68. The molecule has 166 valence electrons. The molecule has 1 aliphatic rings. The van der Waals surface area contributed by atoms with Crippen molar-refractivity contribution in [1.82, 2.24) is 5.48 Å². The Kier molecular flexibility index (Phi) is 8.23. The van der Waals surface area contributed by atoms with Crippen molar-refractivity contribution in [3.8, 4) is 0 Å². The van der Waals surface area contributed by atoms with Gasteiger partial charge in [-0.25, -0.2) is 4.79 Å². The molecular formula is C25H31NO5. The first kappa shape index (κ1) is 23.0. The van der Waals surface area contributed by atoms with Crippen LogP contribution in [0, 0.1) is 5.92 Å². The minimum Gasteiger partial charge on any atom is -0.442 e. The lowest BCUT2D eigenvalue weighted by atomic mass is 10.1. The molecule has 3 atom stereocenters. The van der Waals surface area contributed by atoms with Gasteiger partial charge in [0.15, 0.2) is 0 Å². The summed E-state index contributed by atoms with van der Waals surface area (Å²) in [6.07, 6.45) is 2.53. The number of nitrogens with one attached hydrogen (secondary N) is 1. The minimum atomic E-state index is -0.633. The number of rotatable bonds is 9. The zero-order valence-electron chi connectivity index (χ0n) is 18.3. The van der Waals surface area contributed by atoms with E-state index in [1.54, 1.807) is 20.8 Å². The average Bonchev–Trinajstić information content (AvgIpc) is 3.13. The summed E-state index contributed by atoms with van der Waals surface area (Å²) >= 11 is 0. The molecule has 6 nitrogen and oxygen atoms in total. The van der Waals surface area contributed by atoms with Crippen molar-refractivity contribution in [1.29, 1.82) is 0 Å². The third kappa shape index (κ3) is 7.83. The number of amides is 1. The molecule has 0 spiro atoms. The molecule has 0 saturated heterocycles. The Balaban J connectivity index is 1.56. The van der Waals surface area contributed by atoms with Crippen molar-refractivity contribution < 1.29 is 23.8 Å². The fraction of sp³-hybridized carbons (Fsp3) is 0.400. The highest BCUT2D eigenvalue weighted by atomic mass is 16.7. The molecule has 0 fully saturated rings. The quantitative estimate of drug-likeness (QED) is 0.462. The van der Waals surface area contributed by atoms with Crippen molar-refractivity contribution >= 4 is 6.09 Å². The smallest absolute Gasteiger partial charge is 0.431 e. The maximum atomic E-state index is 12.0. The number of hydrogen-bond acceptors (Lipinski definition) is 5. The van der Waals surface area contributed by atoms with Crippen molar-refractivity contribution in [2.75, 3.05) is 6.61 Å². The first-order chi connectivity index (χ1) is 14.9. The van der Waals surface area contributed by atoms with Crippen LogP contribution in [0.3, 0.4) is 0 Å². The second-order valence-corrected chi connectivity index (χ2v) is 8.50. The Morgan fingerprint density at radius 3 is 2.13 bits per heavy atom. The molecule has 0 unspecified atom stereocenters. The number of carbonyl (C=O) groups is 1. The van der Waals surface area contributed by atoms with Gasteiger partial charge in [0.25, 0.3) is 0 Å². The van der Waals surface area contributed by atoms with Crippen molar-refractivity contribution in [2.24, 2.45) is 5.92 Å². The SMILES string of the molecule is CC(C)(C)OC(=O)NO[C@@H]1C=C[C@@H](COCc2ccccc2)[C@H]1OCc1ccccc1. The Bertz CT molecular complexity index is 832. The summed E-state index contributed by atoms with van der Waals surface area (Å²) in [5.74, 6) is -0.00198. The fourth-order valence-electron chi connectivity index (χ4n) is 3.26. The van der Waals surface area contributed by atoms with Crippen LogP contribution in [0.25, 0.3) is 0 Å². The minimum absolute atomic E-state index is 0.00198. The Morgan fingerprint density at radius 2 is 1.52 bits per heavy atom. The standard InChI is InChI=1S/C25H31NO5/c1-25(2,3)30-24(27)26-31-22-15-14-21(18-28-16-19-10-6-4-7-11-19)23(22)29-17-20-12-8-5-9-13-20/h4-15,21-23H,16-18H2,1-3H3,(H,26,27)/t21-,22+,23+/m0/s1. The lowest BCUT2D eigenvalue weighted by Gasteiger charge is -2.26. The fourth-order valence-corrected chi connectivity index (χ4v) is 3.26. The van der Waals surface area contributed by atoms with Gasteiger partial charge in [-0.15, -0.1) is 0 Å².